The lowest BCUT2D eigenvalue weighted by molar-refractivity contribution is -0.117. The molecule has 1 atom stereocenters. The highest BCUT2D eigenvalue weighted by molar-refractivity contribution is 7.21. The number of fused-ring (bicyclic) bond motifs is 2. The number of hydrogen-bond donors (Lipinski definition) is 3. The van der Waals surface area contributed by atoms with E-state index in [0.29, 0.717) is 17.1 Å². The topological polar surface area (TPSA) is 97.3 Å². The van der Waals surface area contributed by atoms with Crippen LogP contribution in [0, 0.1) is 0 Å². The van der Waals surface area contributed by atoms with Crippen LogP contribution in [-0.4, -0.2) is 23.5 Å². The Bertz CT molecular complexity index is 1540. The zero-order valence-corrected chi connectivity index (χ0v) is 19.9. The molecule has 1 fully saturated rings. The maximum atomic E-state index is 13.1. The average Bonchev–Trinajstić information content (AvgIpc) is 3.53. The molecule has 0 radical (unpaired) electrons. The Kier molecular flexibility index (Phi) is 5.26. The second-order valence-corrected chi connectivity index (χ2v) is 9.95. The third-order valence-electron chi connectivity index (χ3n) is 6.61. The minimum Gasteiger partial charge on any atom is -0.397 e. The molecule has 1 saturated heterocycles. The quantitative estimate of drug-likeness (QED) is 0.279. The Morgan fingerprint density at radius 3 is 2.63 bits per heavy atom. The fourth-order valence-corrected chi connectivity index (χ4v) is 5.73. The molecule has 6 nitrogen and oxygen atoms in total. The van der Waals surface area contributed by atoms with Crippen LogP contribution in [0.1, 0.15) is 12.8 Å². The van der Waals surface area contributed by atoms with Crippen molar-refractivity contribution in [1.29, 1.82) is 0 Å². The minimum atomic E-state index is -0.228. The number of amides is 1. The number of benzene rings is 4. The third kappa shape index (κ3) is 4.04. The summed E-state index contributed by atoms with van der Waals surface area (Å²) in [5.41, 5.74) is 16.5. The van der Waals surface area contributed by atoms with Gasteiger partial charge in [-0.2, -0.15) is 0 Å². The van der Waals surface area contributed by atoms with E-state index in [4.69, 9.17) is 16.5 Å². The van der Waals surface area contributed by atoms with Crippen molar-refractivity contribution in [3.63, 3.8) is 0 Å². The molecule has 35 heavy (non-hydrogen) atoms. The Labute approximate surface area is 207 Å². The molecular weight excluding hydrogens is 454 g/mol. The lowest BCUT2D eigenvalue weighted by atomic mass is 10.1. The first-order valence-electron chi connectivity index (χ1n) is 11.7. The normalized spacial score (nSPS) is 15.7. The number of thiazole rings is 1. The van der Waals surface area contributed by atoms with Crippen LogP contribution >= 0.6 is 11.3 Å². The maximum absolute atomic E-state index is 13.1. The second-order valence-electron chi connectivity index (χ2n) is 8.92. The van der Waals surface area contributed by atoms with Gasteiger partial charge in [-0.25, -0.2) is 4.98 Å². The molecule has 2 heterocycles. The SMILES string of the molecule is Nc1ccc(NC(=O)C2CCCN2c2ccc3cc(-c4nc5ccccc5s4)ccc3c2)cc1N. The molecule has 7 heteroatoms. The predicted molar refractivity (Wildman–Crippen MR) is 147 cm³/mol. The van der Waals surface area contributed by atoms with Crippen molar-refractivity contribution < 1.29 is 4.79 Å². The van der Waals surface area contributed by atoms with Crippen LogP contribution < -0.4 is 21.7 Å². The van der Waals surface area contributed by atoms with Gasteiger partial charge in [0.05, 0.1) is 21.6 Å². The van der Waals surface area contributed by atoms with Gasteiger partial charge in [0.25, 0.3) is 0 Å². The van der Waals surface area contributed by atoms with Crippen LogP contribution in [-0.2, 0) is 4.79 Å². The molecule has 0 spiro atoms. The first-order valence-corrected chi connectivity index (χ1v) is 12.5. The predicted octanol–water partition coefficient (Wildman–Crippen LogP) is 5.89. The summed E-state index contributed by atoms with van der Waals surface area (Å²) in [6.07, 6.45) is 1.78. The van der Waals surface area contributed by atoms with Crippen molar-refractivity contribution in [3.05, 3.63) is 78.9 Å². The number of aromatic nitrogens is 1. The number of nitrogens with one attached hydrogen (secondary N) is 1. The van der Waals surface area contributed by atoms with Crippen LogP contribution in [0.2, 0.25) is 0 Å². The summed E-state index contributed by atoms with van der Waals surface area (Å²) in [6.45, 7) is 0.845. The van der Waals surface area contributed by atoms with Crippen molar-refractivity contribution in [3.8, 4) is 10.6 Å². The van der Waals surface area contributed by atoms with E-state index in [0.717, 1.165) is 51.9 Å². The molecule has 1 amide bonds. The van der Waals surface area contributed by atoms with Crippen molar-refractivity contribution in [2.24, 2.45) is 0 Å². The van der Waals surface area contributed by atoms with Crippen LogP contribution in [0.3, 0.4) is 0 Å². The van der Waals surface area contributed by atoms with Gasteiger partial charge >= 0.3 is 0 Å². The first-order chi connectivity index (χ1) is 17.0. The van der Waals surface area contributed by atoms with E-state index in [9.17, 15) is 4.79 Å². The van der Waals surface area contributed by atoms with Crippen molar-refractivity contribution in [1.82, 2.24) is 4.98 Å². The summed E-state index contributed by atoms with van der Waals surface area (Å²) in [4.78, 5) is 20.1. The smallest absolute Gasteiger partial charge is 0.247 e. The number of rotatable bonds is 4. The van der Waals surface area contributed by atoms with E-state index in [-0.39, 0.29) is 11.9 Å². The van der Waals surface area contributed by atoms with Gasteiger partial charge in [-0.05, 0) is 72.1 Å². The fourth-order valence-electron chi connectivity index (χ4n) is 4.77. The van der Waals surface area contributed by atoms with E-state index < -0.39 is 0 Å². The zero-order valence-electron chi connectivity index (χ0n) is 19.1. The number of carbonyl (C=O) groups excluding carboxylic acids is 1. The number of para-hydroxylation sites is 1. The van der Waals surface area contributed by atoms with Crippen molar-refractivity contribution >= 4 is 61.0 Å². The number of nitrogens with two attached hydrogens (primary N) is 2. The molecule has 1 unspecified atom stereocenters. The summed E-state index contributed by atoms with van der Waals surface area (Å²) < 4.78 is 1.19. The molecule has 174 valence electrons. The fraction of sp³-hybridized carbons (Fsp3) is 0.143. The molecule has 0 aliphatic carbocycles. The highest BCUT2D eigenvalue weighted by Gasteiger charge is 2.31. The summed E-state index contributed by atoms with van der Waals surface area (Å²) in [5, 5.41) is 6.33. The Balaban J connectivity index is 1.25. The number of carbonyl (C=O) groups is 1. The molecule has 1 aliphatic heterocycles. The monoisotopic (exact) mass is 479 g/mol. The third-order valence-corrected chi connectivity index (χ3v) is 7.69. The maximum Gasteiger partial charge on any atom is 0.247 e. The van der Waals surface area contributed by atoms with E-state index in [1.807, 2.05) is 18.2 Å². The highest BCUT2D eigenvalue weighted by Crippen LogP contribution is 2.34. The van der Waals surface area contributed by atoms with Gasteiger partial charge in [-0.1, -0.05) is 30.3 Å². The van der Waals surface area contributed by atoms with Gasteiger partial charge in [-0.15, -0.1) is 11.3 Å². The van der Waals surface area contributed by atoms with Crippen molar-refractivity contribution in [2.75, 3.05) is 28.2 Å². The van der Waals surface area contributed by atoms with Crippen LogP contribution in [0.15, 0.2) is 78.9 Å². The number of hydrogen-bond acceptors (Lipinski definition) is 6. The summed E-state index contributed by atoms with van der Waals surface area (Å²) in [7, 11) is 0. The molecule has 5 aromatic rings. The second kappa shape index (κ2) is 8.60. The molecule has 1 aliphatic rings. The average molecular weight is 480 g/mol. The van der Waals surface area contributed by atoms with Crippen LogP contribution in [0.4, 0.5) is 22.7 Å². The Hall–Kier alpha value is -4.10. The van der Waals surface area contributed by atoms with Gasteiger partial charge in [0.15, 0.2) is 0 Å². The molecule has 6 rings (SSSR count). The first kappa shape index (κ1) is 21.4. The lowest BCUT2D eigenvalue weighted by Crippen LogP contribution is -2.39. The van der Waals surface area contributed by atoms with E-state index in [1.54, 1.807) is 29.5 Å². The number of nitrogen functional groups attached to an aromatic ring is 2. The van der Waals surface area contributed by atoms with Gasteiger partial charge in [-0.3, -0.25) is 4.79 Å². The summed E-state index contributed by atoms with van der Waals surface area (Å²) in [5.74, 6) is -0.0297. The zero-order chi connectivity index (χ0) is 23.9. The highest BCUT2D eigenvalue weighted by atomic mass is 32.1. The van der Waals surface area contributed by atoms with Gasteiger partial charge in [0.1, 0.15) is 11.0 Å². The van der Waals surface area contributed by atoms with Crippen LogP contribution in [0.5, 0.6) is 0 Å². The van der Waals surface area contributed by atoms with Crippen LogP contribution in [0.25, 0.3) is 31.6 Å². The summed E-state index contributed by atoms with van der Waals surface area (Å²) >= 11 is 1.71. The molecule has 0 saturated carbocycles. The largest absolute Gasteiger partial charge is 0.397 e. The Morgan fingerprint density at radius 2 is 1.77 bits per heavy atom. The standard InChI is InChI=1S/C28H25N5OS/c29-22-12-10-20(16-23(22)30)31-27(34)25-5-3-13-33(25)21-11-9-17-14-19(8-7-18(17)15-21)28-32-24-4-1-2-6-26(24)35-28/h1-2,4,6-12,14-16,25H,3,5,13,29-30H2,(H,31,34). The van der Waals surface area contributed by atoms with Gasteiger partial charge in [0.2, 0.25) is 5.91 Å². The Morgan fingerprint density at radius 1 is 0.943 bits per heavy atom. The lowest BCUT2D eigenvalue weighted by Gasteiger charge is -2.26. The van der Waals surface area contributed by atoms with Gasteiger partial charge in [0, 0.05) is 23.5 Å². The molecule has 5 N–H and O–H groups in total. The minimum absolute atomic E-state index is 0.0297. The van der Waals surface area contributed by atoms with E-state index in [2.05, 4.69) is 52.7 Å². The molecule has 4 aromatic carbocycles. The molecular formula is C28H25N5OS. The molecule has 0 bridgehead atoms. The summed E-state index contributed by atoms with van der Waals surface area (Å²) in [6, 6.07) is 26.1. The number of nitrogens with zero attached hydrogens (tertiary/aromatic N) is 2. The van der Waals surface area contributed by atoms with Crippen molar-refractivity contribution in [2.45, 2.75) is 18.9 Å². The van der Waals surface area contributed by atoms with Gasteiger partial charge < -0.3 is 21.7 Å². The number of anilines is 4. The molecule has 1 aromatic heterocycles. The van der Waals surface area contributed by atoms with E-state index >= 15 is 0 Å². The van der Waals surface area contributed by atoms with E-state index in [1.165, 1.54) is 4.70 Å².